The second-order valence-corrected chi connectivity index (χ2v) is 3.43. The molecule has 1 aliphatic carbocycles. The zero-order chi connectivity index (χ0) is 10.7. The van der Waals surface area contributed by atoms with Gasteiger partial charge in [0, 0.05) is 12.1 Å². The van der Waals surface area contributed by atoms with Crippen LogP contribution in [0.4, 0.5) is 0 Å². The normalized spacial score (nSPS) is 14.4. The van der Waals surface area contributed by atoms with Crippen LogP contribution in [0.5, 0.6) is 0 Å². The molecule has 2 rings (SSSR count). The average Bonchev–Trinajstić information content (AvgIpc) is 3.10. The van der Waals surface area contributed by atoms with Crippen molar-refractivity contribution in [2.24, 2.45) is 5.92 Å². The van der Waals surface area contributed by atoms with Crippen LogP contribution in [0.3, 0.4) is 0 Å². The van der Waals surface area contributed by atoms with Crippen molar-refractivity contribution in [1.82, 2.24) is 15.8 Å². The van der Waals surface area contributed by atoms with Crippen LogP contribution in [-0.2, 0) is 4.79 Å². The molecule has 0 aromatic carbocycles. The van der Waals surface area contributed by atoms with E-state index in [9.17, 15) is 9.59 Å². The van der Waals surface area contributed by atoms with Crippen molar-refractivity contribution in [1.29, 1.82) is 0 Å². The lowest BCUT2D eigenvalue weighted by molar-refractivity contribution is -0.123. The number of amides is 2. The van der Waals surface area contributed by atoms with Gasteiger partial charge in [-0.05, 0) is 25.0 Å². The highest BCUT2D eigenvalue weighted by atomic mass is 16.2. The Balaban J connectivity index is 1.84. The number of rotatable bonds is 2. The third-order valence-corrected chi connectivity index (χ3v) is 2.14. The molecule has 2 N–H and O–H groups in total. The summed E-state index contributed by atoms with van der Waals surface area (Å²) in [5, 5.41) is 0. The number of hydrogen-bond acceptors (Lipinski definition) is 3. The monoisotopic (exact) mass is 205 g/mol. The van der Waals surface area contributed by atoms with Gasteiger partial charge in [0.25, 0.3) is 5.91 Å². The highest BCUT2D eigenvalue weighted by Gasteiger charge is 2.29. The number of pyridine rings is 1. The van der Waals surface area contributed by atoms with Gasteiger partial charge in [0.05, 0.1) is 0 Å². The smallest absolute Gasteiger partial charge is 0.273 e. The molecule has 1 fully saturated rings. The van der Waals surface area contributed by atoms with Gasteiger partial charge in [0.1, 0.15) is 5.69 Å². The van der Waals surface area contributed by atoms with E-state index in [2.05, 4.69) is 15.8 Å². The van der Waals surface area contributed by atoms with E-state index in [4.69, 9.17) is 0 Å². The number of nitrogens with one attached hydrogen (secondary N) is 2. The Morgan fingerprint density at radius 1 is 1.27 bits per heavy atom. The molecule has 0 aliphatic heterocycles. The minimum atomic E-state index is -0.399. The van der Waals surface area contributed by atoms with Crippen LogP contribution in [-0.4, -0.2) is 16.8 Å². The standard InChI is InChI=1S/C10H11N3O2/c14-9(7-4-5-7)12-13-10(15)8-3-1-2-6-11-8/h1-3,6-7H,4-5H2,(H,12,14)(H,13,15). The number of carbonyl (C=O) groups is 2. The van der Waals surface area contributed by atoms with E-state index < -0.39 is 5.91 Å². The molecular weight excluding hydrogens is 194 g/mol. The maximum absolute atomic E-state index is 11.4. The number of carbonyl (C=O) groups excluding carboxylic acids is 2. The summed E-state index contributed by atoms with van der Waals surface area (Å²) in [5.74, 6) is -0.446. The predicted octanol–water partition coefficient (Wildman–Crippen LogP) is 0.253. The fourth-order valence-corrected chi connectivity index (χ4v) is 1.13. The van der Waals surface area contributed by atoms with Crippen LogP contribution >= 0.6 is 0 Å². The summed E-state index contributed by atoms with van der Waals surface area (Å²) in [6.07, 6.45) is 3.34. The number of aromatic nitrogens is 1. The summed E-state index contributed by atoms with van der Waals surface area (Å²) in [6.45, 7) is 0. The molecule has 1 saturated carbocycles. The Hall–Kier alpha value is -1.91. The highest BCUT2D eigenvalue weighted by Crippen LogP contribution is 2.28. The second kappa shape index (κ2) is 4.08. The predicted molar refractivity (Wildman–Crippen MR) is 52.6 cm³/mol. The van der Waals surface area contributed by atoms with Gasteiger partial charge in [-0.2, -0.15) is 0 Å². The SMILES string of the molecule is O=C(NNC(=O)C1CC1)c1ccccn1. The van der Waals surface area contributed by atoms with Crippen molar-refractivity contribution in [2.75, 3.05) is 0 Å². The summed E-state index contributed by atoms with van der Waals surface area (Å²) in [4.78, 5) is 26.5. The third kappa shape index (κ3) is 2.52. The summed E-state index contributed by atoms with van der Waals surface area (Å²) in [6, 6.07) is 5.02. The van der Waals surface area contributed by atoms with Gasteiger partial charge in [-0.15, -0.1) is 0 Å². The van der Waals surface area contributed by atoms with Crippen LogP contribution < -0.4 is 10.9 Å². The highest BCUT2D eigenvalue weighted by molar-refractivity contribution is 5.94. The molecular formula is C10H11N3O2. The lowest BCUT2D eigenvalue weighted by Crippen LogP contribution is -2.42. The van der Waals surface area contributed by atoms with Crippen LogP contribution in [0.1, 0.15) is 23.3 Å². The molecule has 5 nitrogen and oxygen atoms in total. The fourth-order valence-electron chi connectivity index (χ4n) is 1.13. The molecule has 0 bridgehead atoms. The van der Waals surface area contributed by atoms with Gasteiger partial charge in [0.15, 0.2) is 0 Å². The summed E-state index contributed by atoms with van der Waals surface area (Å²) in [7, 11) is 0. The Labute approximate surface area is 86.9 Å². The molecule has 0 atom stereocenters. The maximum Gasteiger partial charge on any atom is 0.288 e. The van der Waals surface area contributed by atoms with Gasteiger partial charge < -0.3 is 0 Å². The Morgan fingerprint density at radius 2 is 2.07 bits per heavy atom. The molecule has 1 aliphatic rings. The van der Waals surface area contributed by atoms with E-state index in [1.54, 1.807) is 18.2 Å². The number of hydrogen-bond donors (Lipinski definition) is 2. The van der Waals surface area contributed by atoms with Crippen LogP contribution in [0.25, 0.3) is 0 Å². The summed E-state index contributed by atoms with van der Waals surface area (Å²) >= 11 is 0. The quantitative estimate of drug-likeness (QED) is 0.680. The molecule has 5 heteroatoms. The minimum absolute atomic E-state index is 0.0778. The minimum Gasteiger partial charge on any atom is -0.273 e. The maximum atomic E-state index is 11.4. The third-order valence-electron chi connectivity index (χ3n) is 2.14. The Bertz CT molecular complexity index is 374. The van der Waals surface area contributed by atoms with Gasteiger partial charge in [0.2, 0.25) is 5.91 Å². The molecule has 0 spiro atoms. The van der Waals surface area contributed by atoms with E-state index in [1.807, 2.05) is 0 Å². The van der Waals surface area contributed by atoms with Crippen molar-refractivity contribution in [3.05, 3.63) is 30.1 Å². The van der Waals surface area contributed by atoms with Crippen molar-refractivity contribution in [3.8, 4) is 0 Å². The van der Waals surface area contributed by atoms with E-state index >= 15 is 0 Å². The first-order chi connectivity index (χ1) is 7.27. The van der Waals surface area contributed by atoms with Crippen LogP contribution in [0.2, 0.25) is 0 Å². The first kappa shape index (κ1) is 9.64. The van der Waals surface area contributed by atoms with Crippen LogP contribution in [0, 0.1) is 5.92 Å². The Morgan fingerprint density at radius 3 is 2.67 bits per heavy atom. The molecule has 1 heterocycles. The average molecular weight is 205 g/mol. The molecule has 2 amide bonds. The van der Waals surface area contributed by atoms with Crippen molar-refractivity contribution in [2.45, 2.75) is 12.8 Å². The van der Waals surface area contributed by atoms with Crippen LogP contribution in [0.15, 0.2) is 24.4 Å². The molecule has 15 heavy (non-hydrogen) atoms. The first-order valence-electron chi connectivity index (χ1n) is 4.78. The molecule has 0 saturated heterocycles. The number of nitrogens with zero attached hydrogens (tertiary/aromatic N) is 1. The topological polar surface area (TPSA) is 71.1 Å². The molecule has 0 radical (unpaired) electrons. The van der Waals surface area contributed by atoms with E-state index in [0.717, 1.165) is 12.8 Å². The fraction of sp³-hybridized carbons (Fsp3) is 0.300. The van der Waals surface area contributed by atoms with Gasteiger partial charge in [-0.25, -0.2) is 0 Å². The molecule has 1 aromatic heterocycles. The van der Waals surface area contributed by atoms with E-state index in [1.165, 1.54) is 6.20 Å². The van der Waals surface area contributed by atoms with E-state index in [0.29, 0.717) is 0 Å². The van der Waals surface area contributed by atoms with E-state index in [-0.39, 0.29) is 17.5 Å². The Kier molecular flexibility index (Phi) is 2.62. The molecule has 0 unspecified atom stereocenters. The molecule has 1 aromatic rings. The summed E-state index contributed by atoms with van der Waals surface area (Å²) < 4.78 is 0. The van der Waals surface area contributed by atoms with Gasteiger partial charge in [-0.1, -0.05) is 6.07 Å². The van der Waals surface area contributed by atoms with Crippen molar-refractivity contribution >= 4 is 11.8 Å². The zero-order valence-electron chi connectivity index (χ0n) is 8.06. The molecule has 78 valence electrons. The lowest BCUT2D eigenvalue weighted by atomic mass is 10.3. The van der Waals surface area contributed by atoms with Gasteiger partial charge >= 0.3 is 0 Å². The first-order valence-corrected chi connectivity index (χ1v) is 4.78. The van der Waals surface area contributed by atoms with Gasteiger partial charge in [-0.3, -0.25) is 25.4 Å². The number of hydrazine groups is 1. The largest absolute Gasteiger partial charge is 0.288 e. The second-order valence-electron chi connectivity index (χ2n) is 3.43. The lowest BCUT2D eigenvalue weighted by Gasteiger charge is -2.05. The zero-order valence-corrected chi connectivity index (χ0v) is 8.06. The summed E-state index contributed by atoms with van der Waals surface area (Å²) in [5.41, 5.74) is 4.97. The van der Waals surface area contributed by atoms with Crippen molar-refractivity contribution < 1.29 is 9.59 Å². The van der Waals surface area contributed by atoms with Crippen molar-refractivity contribution in [3.63, 3.8) is 0 Å².